The van der Waals surface area contributed by atoms with Crippen LogP contribution in [-0.4, -0.2) is 0 Å². The summed E-state index contributed by atoms with van der Waals surface area (Å²) in [5.74, 6) is 1.69. The van der Waals surface area contributed by atoms with Gasteiger partial charge in [0.1, 0.15) is 11.5 Å². The molecule has 88 valence electrons. The molecule has 2 aromatic carbocycles. The van der Waals surface area contributed by atoms with E-state index < -0.39 is 0 Å². The lowest BCUT2D eigenvalue weighted by Crippen LogP contribution is -1.91. The molecule has 0 heterocycles. The Hall–Kier alpha value is -1.96. The molecule has 2 nitrogen and oxygen atoms in total. The van der Waals surface area contributed by atoms with E-state index in [9.17, 15) is 0 Å². The van der Waals surface area contributed by atoms with E-state index in [-0.39, 0.29) is 0 Å². The van der Waals surface area contributed by atoms with E-state index in [1.807, 2.05) is 37.3 Å². The summed E-state index contributed by atoms with van der Waals surface area (Å²) in [5.41, 5.74) is 10.0. The van der Waals surface area contributed by atoms with Gasteiger partial charge in [-0.1, -0.05) is 6.07 Å². The Morgan fingerprint density at radius 3 is 2.06 bits per heavy atom. The molecular weight excluding hydrogens is 210 g/mol. The van der Waals surface area contributed by atoms with E-state index in [1.165, 1.54) is 11.1 Å². The van der Waals surface area contributed by atoms with Crippen molar-refractivity contribution in [3.63, 3.8) is 0 Å². The van der Waals surface area contributed by atoms with Crippen molar-refractivity contribution in [1.29, 1.82) is 0 Å². The van der Waals surface area contributed by atoms with Crippen LogP contribution in [0.5, 0.6) is 11.5 Å². The number of nitrogen functional groups attached to an aromatic ring is 1. The molecule has 0 radical (unpaired) electrons. The van der Waals surface area contributed by atoms with Crippen LogP contribution < -0.4 is 10.5 Å². The third-order valence-corrected chi connectivity index (χ3v) is 2.67. The van der Waals surface area contributed by atoms with Crippen LogP contribution in [-0.2, 0) is 0 Å². The van der Waals surface area contributed by atoms with Gasteiger partial charge in [0.05, 0.1) is 0 Å². The van der Waals surface area contributed by atoms with E-state index in [0.29, 0.717) is 0 Å². The molecule has 0 spiro atoms. The second kappa shape index (κ2) is 4.50. The van der Waals surface area contributed by atoms with Crippen LogP contribution in [0.15, 0.2) is 36.4 Å². The van der Waals surface area contributed by atoms with Crippen molar-refractivity contribution >= 4 is 5.69 Å². The number of nitrogens with two attached hydrogens (primary N) is 1. The number of rotatable bonds is 2. The van der Waals surface area contributed by atoms with Gasteiger partial charge in [0.15, 0.2) is 0 Å². The molecule has 0 fully saturated rings. The Labute approximate surface area is 102 Å². The molecule has 0 aliphatic rings. The molecule has 0 saturated heterocycles. The maximum absolute atomic E-state index is 5.82. The zero-order chi connectivity index (χ0) is 12.4. The van der Waals surface area contributed by atoms with Gasteiger partial charge in [-0.15, -0.1) is 0 Å². The Balaban J connectivity index is 2.28. The summed E-state index contributed by atoms with van der Waals surface area (Å²) in [4.78, 5) is 0. The second-order valence-corrected chi connectivity index (χ2v) is 4.44. The Kier molecular flexibility index (Phi) is 3.05. The number of ether oxygens (including phenoxy) is 1. The third kappa shape index (κ3) is 2.78. The summed E-state index contributed by atoms with van der Waals surface area (Å²) in [5, 5.41) is 0. The fraction of sp³-hybridized carbons (Fsp3) is 0.200. The molecule has 0 amide bonds. The maximum atomic E-state index is 5.82. The lowest BCUT2D eigenvalue weighted by molar-refractivity contribution is 0.481. The Morgan fingerprint density at radius 1 is 0.824 bits per heavy atom. The van der Waals surface area contributed by atoms with Gasteiger partial charge in [-0.3, -0.25) is 0 Å². The molecule has 17 heavy (non-hydrogen) atoms. The summed E-state index contributed by atoms with van der Waals surface area (Å²) in [6.45, 7) is 6.10. The largest absolute Gasteiger partial charge is 0.457 e. The third-order valence-electron chi connectivity index (χ3n) is 2.67. The van der Waals surface area contributed by atoms with Gasteiger partial charge in [-0.25, -0.2) is 0 Å². The molecule has 2 rings (SSSR count). The Morgan fingerprint density at radius 2 is 1.47 bits per heavy atom. The lowest BCUT2D eigenvalue weighted by Gasteiger charge is -2.09. The fourth-order valence-corrected chi connectivity index (χ4v) is 1.84. The van der Waals surface area contributed by atoms with Crippen LogP contribution in [0.3, 0.4) is 0 Å². The highest BCUT2D eigenvalue weighted by molar-refractivity contribution is 5.50. The van der Waals surface area contributed by atoms with Gasteiger partial charge in [-0.2, -0.15) is 0 Å². The minimum absolute atomic E-state index is 0.790. The molecule has 0 atom stereocenters. The zero-order valence-electron chi connectivity index (χ0n) is 10.4. The minimum atomic E-state index is 0.790. The highest BCUT2D eigenvalue weighted by atomic mass is 16.5. The molecule has 0 aromatic heterocycles. The average molecular weight is 227 g/mol. The minimum Gasteiger partial charge on any atom is -0.457 e. The monoisotopic (exact) mass is 227 g/mol. The summed E-state index contributed by atoms with van der Waals surface area (Å²) >= 11 is 0. The molecule has 2 aromatic rings. The summed E-state index contributed by atoms with van der Waals surface area (Å²) < 4.78 is 5.82. The quantitative estimate of drug-likeness (QED) is 0.787. The number of aryl methyl sites for hydroxylation is 3. The van der Waals surface area contributed by atoms with Gasteiger partial charge in [0, 0.05) is 5.69 Å². The molecule has 0 bridgehead atoms. The molecule has 0 aliphatic heterocycles. The van der Waals surface area contributed by atoms with Crippen molar-refractivity contribution in [1.82, 2.24) is 0 Å². The van der Waals surface area contributed by atoms with E-state index in [2.05, 4.69) is 19.9 Å². The van der Waals surface area contributed by atoms with Crippen molar-refractivity contribution in [2.45, 2.75) is 20.8 Å². The molecule has 0 saturated carbocycles. The van der Waals surface area contributed by atoms with Crippen LogP contribution in [0, 0.1) is 20.8 Å². The normalized spacial score (nSPS) is 10.3. The number of anilines is 1. The van der Waals surface area contributed by atoms with E-state index in [1.54, 1.807) is 0 Å². The van der Waals surface area contributed by atoms with Crippen LogP contribution in [0.25, 0.3) is 0 Å². The van der Waals surface area contributed by atoms with E-state index in [4.69, 9.17) is 10.5 Å². The topological polar surface area (TPSA) is 35.2 Å². The molecule has 2 heteroatoms. The molecule has 0 aliphatic carbocycles. The first-order chi connectivity index (χ1) is 8.04. The van der Waals surface area contributed by atoms with Gasteiger partial charge >= 0.3 is 0 Å². The van der Waals surface area contributed by atoms with Gasteiger partial charge in [0.25, 0.3) is 0 Å². The number of hydrogen-bond donors (Lipinski definition) is 1. The smallest absolute Gasteiger partial charge is 0.127 e. The van der Waals surface area contributed by atoms with Gasteiger partial charge < -0.3 is 10.5 Å². The number of hydrogen-bond acceptors (Lipinski definition) is 2. The standard InChI is InChI=1S/C15H17NO/c1-10-6-11(2)8-14(7-10)17-13-4-5-15(16)12(3)9-13/h4-9H,16H2,1-3H3. The van der Waals surface area contributed by atoms with E-state index >= 15 is 0 Å². The molecule has 0 unspecified atom stereocenters. The summed E-state index contributed by atoms with van der Waals surface area (Å²) in [6, 6.07) is 11.9. The first-order valence-corrected chi connectivity index (χ1v) is 5.67. The summed E-state index contributed by atoms with van der Waals surface area (Å²) in [7, 11) is 0. The Bertz CT molecular complexity index is 526. The predicted octanol–water partition coefficient (Wildman–Crippen LogP) is 3.99. The van der Waals surface area contributed by atoms with Crippen LogP contribution in [0.2, 0.25) is 0 Å². The van der Waals surface area contributed by atoms with Gasteiger partial charge in [-0.05, 0) is 67.8 Å². The fourth-order valence-electron chi connectivity index (χ4n) is 1.84. The van der Waals surface area contributed by atoms with Crippen molar-refractivity contribution < 1.29 is 4.74 Å². The van der Waals surface area contributed by atoms with Gasteiger partial charge in [0.2, 0.25) is 0 Å². The van der Waals surface area contributed by atoms with Crippen molar-refractivity contribution in [2.75, 3.05) is 5.73 Å². The SMILES string of the molecule is Cc1cc(C)cc(Oc2ccc(N)c(C)c2)c1. The zero-order valence-corrected chi connectivity index (χ0v) is 10.4. The van der Waals surface area contributed by atoms with Crippen LogP contribution in [0.4, 0.5) is 5.69 Å². The van der Waals surface area contributed by atoms with Crippen molar-refractivity contribution in [3.05, 3.63) is 53.1 Å². The molecular formula is C15H17NO. The first kappa shape index (κ1) is 11.5. The van der Waals surface area contributed by atoms with Crippen molar-refractivity contribution in [2.24, 2.45) is 0 Å². The highest BCUT2D eigenvalue weighted by Gasteiger charge is 2.01. The maximum Gasteiger partial charge on any atom is 0.127 e. The highest BCUT2D eigenvalue weighted by Crippen LogP contribution is 2.26. The van der Waals surface area contributed by atoms with Crippen LogP contribution in [0.1, 0.15) is 16.7 Å². The van der Waals surface area contributed by atoms with Crippen LogP contribution >= 0.6 is 0 Å². The number of benzene rings is 2. The lowest BCUT2D eigenvalue weighted by atomic mass is 10.1. The molecule has 2 N–H and O–H groups in total. The predicted molar refractivity (Wildman–Crippen MR) is 71.6 cm³/mol. The van der Waals surface area contributed by atoms with Crippen molar-refractivity contribution in [3.8, 4) is 11.5 Å². The van der Waals surface area contributed by atoms with E-state index in [0.717, 1.165) is 22.7 Å². The second-order valence-electron chi connectivity index (χ2n) is 4.44. The first-order valence-electron chi connectivity index (χ1n) is 5.67. The summed E-state index contributed by atoms with van der Waals surface area (Å²) in [6.07, 6.45) is 0. The average Bonchev–Trinajstić information content (AvgIpc) is 2.22.